The molecule has 0 aromatic heterocycles. The summed E-state index contributed by atoms with van der Waals surface area (Å²) < 4.78 is 5.31. The number of hydrogen-bond donors (Lipinski definition) is 0. The van der Waals surface area contributed by atoms with Gasteiger partial charge in [-0.3, -0.25) is 0 Å². The minimum atomic E-state index is -0.195. The van der Waals surface area contributed by atoms with Gasteiger partial charge >= 0.3 is 5.97 Å². The Balaban J connectivity index is 4.46. The molecule has 0 aliphatic rings. The van der Waals surface area contributed by atoms with E-state index in [0.717, 1.165) is 25.0 Å². The van der Waals surface area contributed by atoms with E-state index in [2.05, 4.69) is 20.8 Å². The van der Waals surface area contributed by atoms with Crippen molar-refractivity contribution in [3.05, 3.63) is 11.8 Å². The second-order valence-corrected chi connectivity index (χ2v) is 6.62. The van der Waals surface area contributed by atoms with Crippen molar-refractivity contribution in [2.24, 2.45) is 5.41 Å². The molecule has 0 unspecified atom stereocenters. The van der Waals surface area contributed by atoms with Crippen LogP contribution in [0.15, 0.2) is 11.8 Å². The number of ether oxygens (including phenoxy) is 1. The molecule has 0 aromatic carbocycles. The van der Waals surface area contributed by atoms with Crippen LogP contribution in [0.5, 0.6) is 0 Å². The molecule has 0 fully saturated rings. The summed E-state index contributed by atoms with van der Waals surface area (Å²) in [5.74, 6) is -0.195. The zero-order valence-corrected chi connectivity index (χ0v) is 13.6. The molecule has 0 rings (SSSR count). The van der Waals surface area contributed by atoms with Crippen LogP contribution in [0.1, 0.15) is 33.6 Å². The smallest absolute Gasteiger partial charge is 0.335 e. The highest BCUT2D eigenvalue weighted by molar-refractivity contribution is 5.88. The van der Waals surface area contributed by atoms with E-state index in [1.807, 2.05) is 44.2 Å². The molecule has 0 saturated heterocycles. The van der Waals surface area contributed by atoms with Gasteiger partial charge in [0.15, 0.2) is 0 Å². The number of hydrogen-bond acceptors (Lipinski definition) is 4. The topological polar surface area (TPSA) is 32.8 Å². The maximum atomic E-state index is 12.0. The maximum Gasteiger partial charge on any atom is 0.335 e. The lowest BCUT2D eigenvalue weighted by Crippen LogP contribution is -2.22. The normalized spacial score (nSPS) is 12.7. The third-order valence-electron chi connectivity index (χ3n) is 2.59. The van der Waals surface area contributed by atoms with Gasteiger partial charge in [-0.15, -0.1) is 0 Å². The summed E-state index contributed by atoms with van der Waals surface area (Å²) in [6.07, 6.45) is 3.58. The first kappa shape index (κ1) is 18.0. The molecule has 0 radical (unpaired) electrons. The van der Waals surface area contributed by atoms with E-state index in [1.165, 1.54) is 0 Å². The molecular formula is C15H30N2O2. The van der Waals surface area contributed by atoms with Crippen molar-refractivity contribution in [3.63, 3.8) is 0 Å². The number of likely N-dealkylation sites (N-methyl/N-ethyl adjacent to an activating group) is 1. The molecule has 19 heavy (non-hydrogen) atoms. The molecule has 0 heterocycles. The molecule has 112 valence electrons. The van der Waals surface area contributed by atoms with Crippen LogP contribution >= 0.6 is 0 Å². The van der Waals surface area contributed by atoms with Crippen LogP contribution < -0.4 is 0 Å². The van der Waals surface area contributed by atoms with Gasteiger partial charge in [-0.1, -0.05) is 20.8 Å². The van der Waals surface area contributed by atoms with E-state index in [1.54, 1.807) is 0 Å². The van der Waals surface area contributed by atoms with E-state index in [0.29, 0.717) is 6.61 Å². The third-order valence-corrected chi connectivity index (χ3v) is 2.59. The first-order valence-electron chi connectivity index (χ1n) is 6.81. The Hall–Kier alpha value is -1.03. The summed E-state index contributed by atoms with van der Waals surface area (Å²) in [7, 11) is 7.77. The highest BCUT2D eigenvalue weighted by atomic mass is 16.5. The van der Waals surface area contributed by atoms with Gasteiger partial charge in [0.25, 0.3) is 0 Å². The Morgan fingerprint density at radius 2 is 1.74 bits per heavy atom. The minimum absolute atomic E-state index is 0.195. The van der Waals surface area contributed by atoms with E-state index >= 15 is 0 Å². The van der Waals surface area contributed by atoms with Gasteiger partial charge in [-0.2, -0.15) is 0 Å². The van der Waals surface area contributed by atoms with Crippen LogP contribution in [0.25, 0.3) is 0 Å². The zero-order chi connectivity index (χ0) is 15.1. The zero-order valence-electron chi connectivity index (χ0n) is 13.6. The van der Waals surface area contributed by atoms with Crippen molar-refractivity contribution in [2.45, 2.75) is 33.6 Å². The van der Waals surface area contributed by atoms with Crippen LogP contribution in [0.2, 0.25) is 0 Å². The maximum absolute atomic E-state index is 12.0. The van der Waals surface area contributed by atoms with Crippen molar-refractivity contribution < 1.29 is 9.53 Å². The lowest BCUT2D eigenvalue weighted by molar-refractivity contribution is -0.139. The Morgan fingerprint density at radius 3 is 2.16 bits per heavy atom. The van der Waals surface area contributed by atoms with Gasteiger partial charge in [0.1, 0.15) is 6.61 Å². The molecule has 4 nitrogen and oxygen atoms in total. The lowest BCUT2D eigenvalue weighted by atomic mass is 9.89. The van der Waals surface area contributed by atoms with Crippen LogP contribution in [0.3, 0.4) is 0 Å². The molecule has 0 amide bonds. The van der Waals surface area contributed by atoms with Crippen LogP contribution in [-0.2, 0) is 9.53 Å². The van der Waals surface area contributed by atoms with E-state index in [4.69, 9.17) is 4.74 Å². The van der Waals surface area contributed by atoms with Gasteiger partial charge < -0.3 is 14.5 Å². The predicted molar refractivity (Wildman–Crippen MR) is 80.0 cm³/mol. The quantitative estimate of drug-likeness (QED) is 0.525. The van der Waals surface area contributed by atoms with Gasteiger partial charge in [0.2, 0.25) is 0 Å². The van der Waals surface area contributed by atoms with Crippen LogP contribution in [0, 0.1) is 5.41 Å². The number of carbonyl (C=O) groups is 1. The fourth-order valence-corrected chi connectivity index (χ4v) is 1.45. The number of esters is 1. The number of carbonyl (C=O) groups excluding carboxylic acids is 1. The first-order chi connectivity index (χ1) is 8.61. The largest absolute Gasteiger partial charge is 0.461 e. The molecule has 0 spiro atoms. The van der Waals surface area contributed by atoms with Gasteiger partial charge in [-0.25, -0.2) is 4.79 Å². The summed E-state index contributed by atoms with van der Waals surface area (Å²) in [5.41, 5.74) is 0.966. The van der Waals surface area contributed by atoms with Crippen molar-refractivity contribution in [3.8, 4) is 0 Å². The lowest BCUT2D eigenvalue weighted by Gasteiger charge is -2.19. The molecule has 0 aromatic rings. The SMILES string of the molecule is CN(C)C=C(CCC(C)(C)C)C(=O)OCCN(C)C. The number of nitrogens with zero attached hydrogens (tertiary/aromatic N) is 2. The number of rotatable bonds is 7. The average molecular weight is 270 g/mol. The second-order valence-electron chi connectivity index (χ2n) is 6.62. The van der Waals surface area contributed by atoms with E-state index in [9.17, 15) is 4.79 Å². The summed E-state index contributed by atoms with van der Waals surface area (Å²) in [4.78, 5) is 15.9. The summed E-state index contributed by atoms with van der Waals surface area (Å²) in [5, 5.41) is 0. The molecule has 4 heteroatoms. The Labute approximate surface area is 118 Å². The first-order valence-corrected chi connectivity index (χ1v) is 6.81. The molecular weight excluding hydrogens is 240 g/mol. The fourth-order valence-electron chi connectivity index (χ4n) is 1.45. The molecule has 0 atom stereocenters. The van der Waals surface area contributed by atoms with Gasteiger partial charge in [0.05, 0.1) is 5.57 Å². The van der Waals surface area contributed by atoms with Gasteiger partial charge in [0, 0.05) is 26.8 Å². The third kappa shape index (κ3) is 10.6. The standard InChI is InChI=1S/C15H30N2O2/c1-15(2,3)9-8-13(12-17(6)7)14(18)19-11-10-16(4)5/h12H,8-11H2,1-7H3. The fraction of sp³-hybridized carbons (Fsp3) is 0.800. The Morgan fingerprint density at radius 1 is 1.16 bits per heavy atom. The van der Waals surface area contributed by atoms with Crippen molar-refractivity contribution in [1.29, 1.82) is 0 Å². The van der Waals surface area contributed by atoms with Crippen molar-refractivity contribution in [2.75, 3.05) is 41.3 Å². The van der Waals surface area contributed by atoms with E-state index < -0.39 is 0 Å². The summed E-state index contributed by atoms with van der Waals surface area (Å²) >= 11 is 0. The highest BCUT2D eigenvalue weighted by Crippen LogP contribution is 2.24. The average Bonchev–Trinajstić information content (AvgIpc) is 2.21. The minimum Gasteiger partial charge on any atom is -0.461 e. The monoisotopic (exact) mass is 270 g/mol. The van der Waals surface area contributed by atoms with Crippen LogP contribution in [-0.4, -0.2) is 57.1 Å². The Bertz CT molecular complexity index is 302. The molecule has 0 N–H and O–H groups in total. The van der Waals surface area contributed by atoms with Crippen molar-refractivity contribution >= 4 is 5.97 Å². The molecule has 0 aliphatic carbocycles. The van der Waals surface area contributed by atoms with Gasteiger partial charge in [-0.05, 0) is 32.4 Å². The summed E-state index contributed by atoms with van der Waals surface area (Å²) in [6.45, 7) is 7.72. The summed E-state index contributed by atoms with van der Waals surface area (Å²) in [6, 6.07) is 0. The molecule has 0 saturated carbocycles. The van der Waals surface area contributed by atoms with Crippen molar-refractivity contribution in [1.82, 2.24) is 9.80 Å². The predicted octanol–water partition coefficient (Wildman–Crippen LogP) is 2.36. The molecule has 0 aliphatic heterocycles. The van der Waals surface area contributed by atoms with Crippen LogP contribution in [0.4, 0.5) is 0 Å². The molecule has 0 bridgehead atoms. The highest BCUT2D eigenvalue weighted by Gasteiger charge is 2.16. The second kappa shape index (κ2) is 8.20. The Kier molecular flexibility index (Phi) is 7.76. The van der Waals surface area contributed by atoms with E-state index in [-0.39, 0.29) is 11.4 Å².